The molecule has 1 aliphatic heterocycles. The Kier molecular flexibility index (Phi) is 8.90. The van der Waals surface area contributed by atoms with Gasteiger partial charge in [-0.25, -0.2) is 0 Å². The average molecular weight is 526 g/mol. The summed E-state index contributed by atoms with van der Waals surface area (Å²) in [4.78, 5) is 28.4. The molecule has 1 N–H and O–H groups in total. The molecule has 1 heterocycles. The van der Waals surface area contributed by atoms with Gasteiger partial charge in [0.2, 0.25) is 0 Å². The minimum Gasteiger partial charge on any atom is -0.507 e. The first kappa shape index (κ1) is 28.2. The lowest BCUT2D eigenvalue weighted by atomic mass is 9.93. The number of carbonyl (C=O) groups excluding carboxylic acids is 2. The molecule has 0 radical (unpaired) electrons. The van der Waals surface area contributed by atoms with E-state index in [0.29, 0.717) is 35.4 Å². The summed E-state index contributed by atoms with van der Waals surface area (Å²) < 4.78 is 5.80. The van der Waals surface area contributed by atoms with Crippen LogP contribution in [0.3, 0.4) is 0 Å². The number of Topliss-reactive ketones (excluding diaryl/α,β-unsaturated/α-hetero) is 1. The van der Waals surface area contributed by atoms with E-state index < -0.39 is 17.7 Å². The SMILES string of the molecule is CCCCCOc1ccc(/C(O)=C2/C(=O)C(=O)N(c3ccc(C(C)C)cc3)C2c2ccc(C(C)C)cc2)cc1. The van der Waals surface area contributed by atoms with Crippen molar-refractivity contribution in [2.45, 2.75) is 71.8 Å². The summed E-state index contributed by atoms with van der Waals surface area (Å²) in [6, 6.07) is 21.9. The molecule has 39 heavy (non-hydrogen) atoms. The van der Waals surface area contributed by atoms with E-state index in [1.165, 1.54) is 4.90 Å². The predicted octanol–water partition coefficient (Wildman–Crippen LogP) is 8.13. The normalized spacial score (nSPS) is 16.9. The fourth-order valence-corrected chi connectivity index (χ4v) is 4.90. The number of hydrogen-bond donors (Lipinski definition) is 1. The van der Waals surface area contributed by atoms with E-state index in [9.17, 15) is 14.7 Å². The van der Waals surface area contributed by atoms with Crippen LogP contribution in [0.5, 0.6) is 5.75 Å². The molecule has 3 aromatic carbocycles. The molecule has 1 atom stereocenters. The topological polar surface area (TPSA) is 66.8 Å². The fourth-order valence-electron chi connectivity index (χ4n) is 4.90. The van der Waals surface area contributed by atoms with Crippen molar-refractivity contribution in [2.24, 2.45) is 0 Å². The first-order valence-electron chi connectivity index (χ1n) is 14.0. The van der Waals surface area contributed by atoms with E-state index in [1.54, 1.807) is 24.3 Å². The third-order valence-electron chi connectivity index (χ3n) is 7.35. The van der Waals surface area contributed by atoms with Crippen LogP contribution in [-0.4, -0.2) is 23.4 Å². The quantitative estimate of drug-likeness (QED) is 0.126. The smallest absolute Gasteiger partial charge is 0.300 e. The largest absolute Gasteiger partial charge is 0.507 e. The second kappa shape index (κ2) is 12.3. The van der Waals surface area contributed by atoms with Gasteiger partial charge in [0.25, 0.3) is 11.7 Å². The Hall–Kier alpha value is -3.86. The molecule has 0 aliphatic carbocycles. The van der Waals surface area contributed by atoms with Gasteiger partial charge >= 0.3 is 0 Å². The van der Waals surface area contributed by atoms with E-state index in [0.717, 1.165) is 36.0 Å². The molecule has 1 fully saturated rings. The first-order valence-corrected chi connectivity index (χ1v) is 14.0. The second-order valence-electron chi connectivity index (χ2n) is 10.8. The maximum absolute atomic E-state index is 13.5. The van der Waals surface area contributed by atoms with Crippen LogP contribution >= 0.6 is 0 Å². The summed E-state index contributed by atoms with van der Waals surface area (Å²) in [6.07, 6.45) is 3.21. The van der Waals surface area contributed by atoms with Gasteiger partial charge in [-0.3, -0.25) is 14.5 Å². The lowest BCUT2D eigenvalue weighted by molar-refractivity contribution is -0.132. The third kappa shape index (κ3) is 6.08. The van der Waals surface area contributed by atoms with Crippen molar-refractivity contribution in [3.63, 3.8) is 0 Å². The third-order valence-corrected chi connectivity index (χ3v) is 7.35. The Morgan fingerprint density at radius 2 is 1.38 bits per heavy atom. The average Bonchev–Trinajstić information content (AvgIpc) is 3.21. The van der Waals surface area contributed by atoms with Gasteiger partial charge in [0.1, 0.15) is 11.5 Å². The highest BCUT2D eigenvalue weighted by atomic mass is 16.5. The molecule has 0 spiro atoms. The molecule has 3 aromatic rings. The van der Waals surface area contributed by atoms with Crippen molar-refractivity contribution in [2.75, 3.05) is 11.5 Å². The van der Waals surface area contributed by atoms with Crippen LogP contribution in [0.1, 0.15) is 94.0 Å². The van der Waals surface area contributed by atoms with E-state index in [-0.39, 0.29) is 11.3 Å². The van der Waals surface area contributed by atoms with E-state index in [2.05, 4.69) is 34.6 Å². The van der Waals surface area contributed by atoms with E-state index in [4.69, 9.17) is 4.74 Å². The van der Waals surface area contributed by atoms with Crippen molar-refractivity contribution in [1.82, 2.24) is 0 Å². The van der Waals surface area contributed by atoms with Crippen LogP contribution in [0.25, 0.3) is 5.76 Å². The van der Waals surface area contributed by atoms with Gasteiger partial charge in [-0.1, -0.05) is 83.9 Å². The van der Waals surface area contributed by atoms with Gasteiger partial charge < -0.3 is 9.84 Å². The Morgan fingerprint density at radius 1 is 0.821 bits per heavy atom. The summed E-state index contributed by atoms with van der Waals surface area (Å²) in [6.45, 7) is 11.2. The number of benzene rings is 3. The molecule has 204 valence electrons. The molecule has 0 aromatic heterocycles. The highest BCUT2D eigenvalue weighted by Crippen LogP contribution is 2.42. The molecule has 5 heteroatoms. The van der Waals surface area contributed by atoms with Crippen LogP contribution in [0.4, 0.5) is 5.69 Å². The van der Waals surface area contributed by atoms with Gasteiger partial charge in [0.05, 0.1) is 18.2 Å². The number of anilines is 1. The highest BCUT2D eigenvalue weighted by Gasteiger charge is 2.47. The van der Waals surface area contributed by atoms with Crippen molar-refractivity contribution in [3.05, 3.63) is 101 Å². The highest BCUT2D eigenvalue weighted by molar-refractivity contribution is 6.51. The molecule has 1 amide bonds. The number of ketones is 1. The monoisotopic (exact) mass is 525 g/mol. The van der Waals surface area contributed by atoms with Crippen molar-refractivity contribution >= 4 is 23.1 Å². The number of unbranched alkanes of at least 4 members (excludes halogenated alkanes) is 2. The Labute approximate surface area is 232 Å². The molecular formula is C34H39NO4. The summed E-state index contributed by atoms with van der Waals surface area (Å²) in [5.74, 6) is -0.149. The van der Waals surface area contributed by atoms with Gasteiger partial charge in [0.15, 0.2) is 0 Å². The van der Waals surface area contributed by atoms with E-state index in [1.807, 2.05) is 48.5 Å². The fraction of sp³-hybridized carbons (Fsp3) is 0.353. The van der Waals surface area contributed by atoms with E-state index >= 15 is 0 Å². The number of amides is 1. The Balaban J connectivity index is 1.76. The lowest BCUT2D eigenvalue weighted by Crippen LogP contribution is -2.29. The van der Waals surface area contributed by atoms with Crippen molar-refractivity contribution < 1.29 is 19.4 Å². The summed E-state index contributed by atoms with van der Waals surface area (Å²) in [5, 5.41) is 11.4. The van der Waals surface area contributed by atoms with Crippen LogP contribution in [0, 0.1) is 0 Å². The van der Waals surface area contributed by atoms with Crippen LogP contribution in [0.2, 0.25) is 0 Å². The van der Waals surface area contributed by atoms with Crippen molar-refractivity contribution in [3.8, 4) is 5.75 Å². The summed E-state index contributed by atoms with van der Waals surface area (Å²) in [7, 11) is 0. The maximum atomic E-state index is 13.5. The minimum absolute atomic E-state index is 0.0850. The zero-order chi connectivity index (χ0) is 28.1. The zero-order valence-corrected chi connectivity index (χ0v) is 23.6. The molecule has 5 nitrogen and oxygen atoms in total. The molecule has 0 bridgehead atoms. The number of ether oxygens (including phenoxy) is 1. The standard InChI is InChI=1S/C34H39NO4/c1-6-7-8-21-39-29-19-15-27(16-20-29)32(36)30-31(26-11-9-24(10-12-26)22(2)3)35(34(38)33(30)37)28-17-13-25(14-18-28)23(4)5/h9-20,22-23,31,36H,6-8,21H2,1-5H3/b32-30-. The van der Waals surface area contributed by atoms with Crippen LogP contribution < -0.4 is 9.64 Å². The number of hydrogen-bond acceptors (Lipinski definition) is 4. The molecule has 1 saturated heterocycles. The summed E-state index contributed by atoms with van der Waals surface area (Å²) >= 11 is 0. The lowest BCUT2D eigenvalue weighted by Gasteiger charge is -2.26. The maximum Gasteiger partial charge on any atom is 0.300 e. The number of aliphatic hydroxyl groups is 1. The molecule has 1 unspecified atom stereocenters. The van der Waals surface area contributed by atoms with Crippen LogP contribution in [0.15, 0.2) is 78.4 Å². The number of nitrogens with zero attached hydrogens (tertiary/aromatic N) is 1. The molecular weight excluding hydrogens is 486 g/mol. The summed E-state index contributed by atoms with van der Waals surface area (Å²) in [5.41, 5.74) is 4.24. The number of rotatable bonds is 10. The number of aliphatic hydroxyl groups excluding tert-OH is 1. The molecule has 0 saturated carbocycles. The Bertz CT molecular complexity index is 1320. The first-order chi connectivity index (χ1) is 18.7. The van der Waals surface area contributed by atoms with Gasteiger partial charge in [-0.2, -0.15) is 0 Å². The Morgan fingerprint density at radius 3 is 1.92 bits per heavy atom. The second-order valence-corrected chi connectivity index (χ2v) is 10.8. The zero-order valence-electron chi connectivity index (χ0n) is 23.6. The number of carbonyl (C=O) groups is 2. The molecule has 4 rings (SSSR count). The molecule has 1 aliphatic rings. The predicted molar refractivity (Wildman–Crippen MR) is 157 cm³/mol. The van der Waals surface area contributed by atoms with Gasteiger partial charge in [-0.05, 0) is 71.3 Å². The van der Waals surface area contributed by atoms with Gasteiger partial charge in [0, 0.05) is 11.3 Å². The van der Waals surface area contributed by atoms with Crippen molar-refractivity contribution in [1.29, 1.82) is 0 Å². The minimum atomic E-state index is -0.749. The van der Waals surface area contributed by atoms with Crippen LogP contribution in [-0.2, 0) is 9.59 Å². The van der Waals surface area contributed by atoms with Gasteiger partial charge in [-0.15, -0.1) is 0 Å².